The second-order valence-electron chi connectivity index (χ2n) is 4.71. The van der Waals surface area contributed by atoms with Crippen LogP contribution in [0.2, 0.25) is 0 Å². The Morgan fingerprint density at radius 2 is 1.77 bits per heavy atom. The van der Waals surface area contributed by atoms with Gasteiger partial charge < -0.3 is 0 Å². The van der Waals surface area contributed by atoms with Gasteiger partial charge in [-0.25, -0.2) is 4.68 Å². The van der Waals surface area contributed by atoms with E-state index in [0.717, 1.165) is 10.0 Å². The van der Waals surface area contributed by atoms with Crippen LogP contribution in [0.1, 0.15) is 10.4 Å². The van der Waals surface area contributed by atoms with Crippen molar-refractivity contribution in [2.45, 2.75) is 0 Å². The maximum Gasteiger partial charge on any atom is 0.258 e. The van der Waals surface area contributed by atoms with Crippen LogP contribution in [-0.4, -0.2) is 20.7 Å². The van der Waals surface area contributed by atoms with Gasteiger partial charge in [-0.2, -0.15) is 4.98 Å². The van der Waals surface area contributed by atoms with Crippen molar-refractivity contribution in [3.8, 4) is 11.4 Å². The average Bonchev–Trinajstić information content (AvgIpc) is 2.90. The molecule has 3 rings (SSSR count). The number of carbonyl (C=O) groups excluding carboxylic acids is 1. The first-order valence-electron chi connectivity index (χ1n) is 6.67. The molecule has 0 spiro atoms. The van der Waals surface area contributed by atoms with E-state index in [1.165, 1.54) is 0 Å². The summed E-state index contributed by atoms with van der Waals surface area (Å²) in [4.78, 5) is 16.5. The fraction of sp³-hybridized carbons (Fsp3) is 0.0625. The van der Waals surface area contributed by atoms with Gasteiger partial charge in [-0.05, 0) is 24.3 Å². The van der Waals surface area contributed by atoms with Crippen LogP contribution in [0.15, 0.2) is 59.1 Å². The molecule has 22 heavy (non-hydrogen) atoms. The summed E-state index contributed by atoms with van der Waals surface area (Å²) in [6, 6.07) is 16.7. The number of amides is 1. The Morgan fingerprint density at radius 3 is 2.45 bits per heavy atom. The van der Waals surface area contributed by atoms with E-state index in [2.05, 4.69) is 31.3 Å². The molecule has 1 heterocycles. The quantitative estimate of drug-likeness (QED) is 0.781. The van der Waals surface area contributed by atoms with Crippen LogP contribution < -0.4 is 5.32 Å². The van der Waals surface area contributed by atoms with E-state index in [-0.39, 0.29) is 5.91 Å². The summed E-state index contributed by atoms with van der Waals surface area (Å²) in [5.74, 6) is 0.767. The summed E-state index contributed by atoms with van der Waals surface area (Å²) in [7, 11) is 1.75. The smallest absolute Gasteiger partial charge is 0.258 e. The minimum Gasteiger partial charge on any atom is -0.291 e. The van der Waals surface area contributed by atoms with Gasteiger partial charge in [-0.3, -0.25) is 10.1 Å². The lowest BCUT2D eigenvalue weighted by Crippen LogP contribution is -2.15. The zero-order valence-electron chi connectivity index (χ0n) is 11.8. The molecule has 2 aromatic carbocycles. The topological polar surface area (TPSA) is 59.8 Å². The van der Waals surface area contributed by atoms with Crippen LogP contribution in [0.25, 0.3) is 11.4 Å². The minimum atomic E-state index is -0.210. The van der Waals surface area contributed by atoms with E-state index < -0.39 is 0 Å². The summed E-state index contributed by atoms with van der Waals surface area (Å²) in [6.07, 6.45) is 0. The molecular formula is C16H13BrN4O. The van der Waals surface area contributed by atoms with Crippen LogP contribution in [0, 0.1) is 0 Å². The number of hydrogen-bond donors (Lipinski definition) is 1. The second-order valence-corrected chi connectivity index (χ2v) is 5.63. The number of nitrogens with one attached hydrogen (secondary N) is 1. The molecular weight excluding hydrogens is 344 g/mol. The number of aryl methyl sites for hydroxylation is 1. The van der Waals surface area contributed by atoms with E-state index >= 15 is 0 Å². The Kier molecular flexibility index (Phi) is 4.02. The van der Waals surface area contributed by atoms with E-state index in [0.29, 0.717) is 17.3 Å². The summed E-state index contributed by atoms with van der Waals surface area (Å²) < 4.78 is 2.54. The van der Waals surface area contributed by atoms with Crippen LogP contribution in [-0.2, 0) is 7.05 Å². The van der Waals surface area contributed by atoms with Crippen molar-refractivity contribution in [3.05, 3.63) is 64.6 Å². The number of carbonyl (C=O) groups is 1. The molecule has 5 nitrogen and oxygen atoms in total. The SMILES string of the molecule is Cn1nc(-c2ccc(Br)cc2)nc1NC(=O)c1ccccc1. The van der Waals surface area contributed by atoms with Gasteiger partial charge in [0.05, 0.1) is 0 Å². The largest absolute Gasteiger partial charge is 0.291 e. The van der Waals surface area contributed by atoms with Gasteiger partial charge in [0, 0.05) is 22.6 Å². The van der Waals surface area contributed by atoms with Crippen LogP contribution in [0.4, 0.5) is 5.95 Å². The molecule has 0 atom stereocenters. The number of aromatic nitrogens is 3. The van der Waals surface area contributed by atoms with Crippen molar-refractivity contribution in [1.82, 2.24) is 14.8 Å². The van der Waals surface area contributed by atoms with E-state index in [4.69, 9.17) is 0 Å². The molecule has 0 bridgehead atoms. The van der Waals surface area contributed by atoms with Gasteiger partial charge in [0.2, 0.25) is 5.95 Å². The third-order valence-corrected chi connectivity index (χ3v) is 3.66. The van der Waals surface area contributed by atoms with Gasteiger partial charge in [0.1, 0.15) is 0 Å². The van der Waals surface area contributed by atoms with Crippen molar-refractivity contribution in [2.75, 3.05) is 5.32 Å². The maximum absolute atomic E-state index is 12.2. The molecule has 3 aromatic rings. The Bertz CT molecular complexity index is 797. The fourth-order valence-electron chi connectivity index (χ4n) is 1.98. The summed E-state index contributed by atoms with van der Waals surface area (Å²) >= 11 is 3.39. The fourth-order valence-corrected chi connectivity index (χ4v) is 2.24. The van der Waals surface area contributed by atoms with Crippen molar-refractivity contribution < 1.29 is 4.79 Å². The first-order chi connectivity index (χ1) is 10.6. The molecule has 0 saturated carbocycles. The molecule has 0 aliphatic heterocycles. The standard InChI is InChI=1S/C16H13BrN4O/c1-21-16(19-15(22)12-5-3-2-4-6-12)18-14(20-21)11-7-9-13(17)10-8-11/h2-10H,1H3,(H,18,19,20,22). The number of anilines is 1. The molecule has 0 aliphatic rings. The molecule has 0 unspecified atom stereocenters. The molecule has 1 aromatic heterocycles. The number of halogens is 1. The van der Waals surface area contributed by atoms with Gasteiger partial charge in [0.15, 0.2) is 5.82 Å². The normalized spacial score (nSPS) is 10.5. The van der Waals surface area contributed by atoms with Crippen LogP contribution in [0.5, 0.6) is 0 Å². The molecule has 6 heteroatoms. The summed E-state index contributed by atoms with van der Waals surface area (Å²) in [5, 5.41) is 7.10. The van der Waals surface area contributed by atoms with Crippen molar-refractivity contribution in [2.24, 2.45) is 7.05 Å². The van der Waals surface area contributed by atoms with Crippen molar-refractivity contribution in [3.63, 3.8) is 0 Å². The maximum atomic E-state index is 12.2. The van der Waals surface area contributed by atoms with Gasteiger partial charge in [-0.15, -0.1) is 5.10 Å². The lowest BCUT2D eigenvalue weighted by atomic mass is 10.2. The molecule has 0 fully saturated rings. The first-order valence-corrected chi connectivity index (χ1v) is 7.46. The lowest BCUT2D eigenvalue weighted by molar-refractivity contribution is 0.102. The minimum absolute atomic E-state index is 0.210. The first kappa shape index (κ1) is 14.5. The highest BCUT2D eigenvalue weighted by Gasteiger charge is 2.13. The molecule has 1 amide bonds. The Morgan fingerprint density at radius 1 is 1.09 bits per heavy atom. The monoisotopic (exact) mass is 356 g/mol. The molecule has 110 valence electrons. The van der Waals surface area contributed by atoms with Crippen molar-refractivity contribution in [1.29, 1.82) is 0 Å². The molecule has 1 N–H and O–H groups in total. The highest BCUT2D eigenvalue weighted by atomic mass is 79.9. The number of benzene rings is 2. The zero-order valence-corrected chi connectivity index (χ0v) is 13.4. The molecule has 0 saturated heterocycles. The predicted molar refractivity (Wildman–Crippen MR) is 88.5 cm³/mol. The number of hydrogen-bond acceptors (Lipinski definition) is 3. The highest BCUT2D eigenvalue weighted by molar-refractivity contribution is 9.10. The third-order valence-electron chi connectivity index (χ3n) is 3.13. The Balaban J connectivity index is 1.84. The van der Waals surface area contributed by atoms with Gasteiger partial charge in [0.25, 0.3) is 5.91 Å². The molecule has 0 radical (unpaired) electrons. The number of nitrogens with zero attached hydrogens (tertiary/aromatic N) is 3. The highest BCUT2D eigenvalue weighted by Crippen LogP contribution is 2.20. The Labute approximate surface area is 136 Å². The zero-order chi connectivity index (χ0) is 15.5. The third kappa shape index (κ3) is 3.07. The molecule has 0 aliphatic carbocycles. The van der Waals surface area contributed by atoms with E-state index in [1.54, 1.807) is 23.9 Å². The van der Waals surface area contributed by atoms with E-state index in [9.17, 15) is 4.79 Å². The Hall–Kier alpha value is -2.47. The predicted octanol–water partition coefficient (Wildman–Crippen LogP) is 3.50. The van der Waals surface area contributed by atoms with Crippen LogP contribution >= 0.6 is 15.9 Å². The van der Waals surface area contributed by atoms with Crippen molar-refractivity contribution >= 4 is 27.8 Å². The number of rotatable bonds is 3. The van der Waals surface area contributed by atoms with E-state index in [1.807, 2.05) is 42.5 Å². The average molecular weight is 357 g/mol. The van der Waals surface area contributed by atoms with Crippen LogP contribution in [0.3, 0.4) is 0 Å². The van der Waals surface area contributed by atoms with Gasteiger partial charge in [-0.1, -0.05) is 46.3 Å². The van der Waals surface area contributed by atoms with Gasteiger partial charge >= 0.3 is 0 Å². The lowest BCUT2D eigenvalue weighted by Gasteiger charge is -2.02. The second kappa shape index (κ2) is 6.11. The summed E-state index contributed by atoms with van der Waals surface area (Å²) in [6.45, 7) is 0. The summed E-state index contributed by atoms with van der Waals surface area (Å²) in [5.41, 5.74) is 1.47.